The van der Waals surface area contributed by atoms with E-state index in [1.165, 1.54) is 6.20 Å². The van der Waals surface area contributed by atoms with Gasteiger partial charge in [-0.15, -0.1) is 0 Å². The summed E-state index contributed by atoms with van der Waals surface area (Å²) < 4.78 is 26.3. The Balaban J connectivity index is 2.24. The van der Waals surface area contributed by atoms with Crippen LogP contribution < -0.4 is 4.72 Å². The maximum Gasteiger partial charge on any atom is 0.312 e. The third-order valence-electron chi connectivity index (χ3n) is 2.52. The monoisotopic (exact) mass is 310 g/mol. The molecule has 0 spiro atoms. The van der Waals surface area contributed by atoms with Crippen LogP contribution in [-0.2, 0) is 16.6 Å². The first-order valence-electron chi connectivity index (χ1n) is 5.64. The molecule has 1 aromatic carbocycles. The van der Waals surface area contributed by atoms with Crippen molar-refractivity contribution in [2.24, 2.45) is 0 Å². The second kappa shape index (κ2) is 5.81. The lowest BCUT2D eigenvalue weighted by Gasteiger charge is -2.06. The largest absolute Gasteiger partial charge is 0.502 e. The Hall–Kier alpha value is -2.59. The van der Waals surface area contributed by atoms with Crippen molar-refractivity contribution >= 4 is 15.7 Å². The minimum absolute atomic E-state index is 0.106. The van der Waals surface area contributed by atoms with Gasteiger partial charge in [0.15, 0.2) is 5.75 Å². The van der Waals surface area contributed by atoms with Crippen molar-refractivity contribution in [2.75, 3.05) is 0 Å². The SMILES string of the molecule is O=[N+]([O-])c1cc(S(=O)(=O)NCc2cccnn2)ccc1O. The molecule has 0 saturated carbocycles. The molecule has 10 heteroatoms. The van der Waals surface area contributed by atoms with E-state index in [0.29, 0.717) is 5.69 Å². The number of benzene rings is 1. The van der Waals surface area contributed by atoms with Crippen LogP contribution in [0.15, 0.2) is 41.4 Å². The number of hydrogen-bond donors (Lipinski definition) is 2. The summed E-state index contributed by atoms with van der Waals surface area (Å²) >= 11 is 0. The summed E-state index contributed by atoms with van der Waals surface area (Å²) in [6, 6.07) is 5.99. The van der Waals surface area contributed by atoms with Gasteiger partial charge in [0, 0.05) is 12.3 Å². The second-order valence-corrected chi connectivity index (χ2v) is 5.71. The van der Waals surface area contributed by atoms with Crippen LogP contribution in [0.1, 0.15) is 5.69 Å². The van der Waals surface area contributed by atoms with Gasteiger partial charge >= 0.3 is 5.69 Å². The Labute approximate surface area is 119 Å². The number of nitrogens with zero attached hydrogens (tertiary/aromatic N) is 3. The standard InChI is InChI=1S/C11H10N4O5S/c16-11-4-3-9(6-10(11)15(17)18)21(19,20)13-7-8-2-1-5-12-14-8/h1-6,13,16H,7H2. The molecule has 0 amide bonds. The maximum absolute atomic E-state index is 12.0. The number of nitro groups is 1. The van der Waals surface area contributed by atoms with Crippen molar-refractivity contribution in [1.29, 1.82) is 0 Å². The van der Waals surface area contributed by atoms with Gasteiger partial charge in [0.25, 0.3) is 0 Å². The molecule has 0 fully saturated rings. The minimum atomic E-state index is -3.96. The van der Waals surface area contributed by atoms with E-state index < -0.39 is 26.4 Å². The molecule has 0 radical (unpaired) electrons. The van der Waals surface area contributed by atoms with E-state index in [1.54, 1.807) is 12.1 Å². The van der Waals surface area contributed by atoms with Gasteiger partial charge in [0.2, 0.25) is 10.0 Å². The van der Waals surface area contributed by atoms with Crippen molar-refractivity contribution in [3.63, 3.8) is 0 Å². The molecule has 0 saturated heterocycles. The van der Waals surface area contributed by atoms with Gasteiger partial charge in [0.1, 0.15) is 0 Å². The summed E-state index contributed by atoms with van der Waals surface area (Å²) in [5.41, 5.74) is -0.285. The van der Waals surface area contributed by atoms with E-state index in [0.717, 1.165) is 18.2 Å². The zero-order valence-electron chi connectivity index (χ0n) is 10.5. The van der Waals surface area contributed by atoms with Crippen LogP contribution in [0.2, 0.25) is 0 Å². The molecule has 0 unspecified atom stereocenters. The van der Waals surface area contributed by atoms with E-state index in [-0.39, 0.29) is 11.4 Å². The van der Waals surface area contributed by atoms with Crippen LogP contribution in [0, 0.1) is 10.1 Å². The molecule has 0 aliphatic heterocycles. The Morgan fingerprint density at radius 1 is 1.33 bits per heavy atom. The molecule has 0 bridgehead atoms. The predicted molar refractivity (Wildman–Crippen MR) is 70.8 cm³/mol. The lowest BCUT2D eigenvalue weighted by molar-refractivity contribution is -0.386. The molecule has 0 atom stereocenters. The van der Waals surface area contributed by atoms with E-state index >= 15 is 0 Å². The van der Waals surface area contributed by atoms with Crippen molar-refractivity contribution in [1.82, 2.24) is 14.9 Å². The number of nitrogens with one attached hydrogen (secondary N) is 1. The lowest BCUT2D eigenvalue weighted by Crippen LogP contribution is -2.23. The van der Waals surface area contributed by atoms with Crippen LogP contribution >= 0.6 is 0 Å². The predicted octanol–water partition coefficient (Wildman–Crippen LogP) is 0.569. The highest BCUT2D eigenvalue weighted by molar-refractivity contribution is 7.89. The Morgan fingerprint density at radius 3 is 2.71 bits per heavy atom. The van der Waals surface area contributed by atoms with Gasteiger partial charge in [-0.2, -0.15) is 10.2 Å². The first kappa shape index (κ1) is 14.8. The first-order chi connectivity index (χ1) is 9.90. The van der Waals surface area contributed by atoms with E-state index in [1.807, 2.05) is 0 Å². The number of aromatic hydroxyl groups is 1. The van der Waals surface area contributed by atoms with E-state index in [2.05, 4.69) is 14.9 Å². The number of nitro benzene ring substituents is 1. The van der Waals surface area contributed by atoms with Crippen molar-refractivity contribution in [2.45, 2.75) is 11.4 Å². The molecular formula is C11H10N4O5S. The number of phenolic OH excluding ortho intramolecular Hbond substituents is 1. The van der Waals surface area contributed by atoms with Crippen LogP contribution in [0.4, 0.5) is 5.69 Å². The zero-order valence-corrected chi connectivity index (χ0v) is 11.3. The molecular weight excluding hydrogens is 300 g/mol. The number of hydrogen-bond acceptors (Lipinski definition) is 7. The summed E-state index contributed by atoms with van der Waals surface area (Å²) in [5, 5.41) is 27.3. The van der Waals surface area contributed by atoms with Crippen LogP contribution in [-0.4, -0.2) is 28.6 Å². The fourth-order valence-corrected chi connectivity index (χ4v) is 2.52. The van der Waals surface area contributed by atoms with Gasteiger partial charge in [0.05, 0.1) is 22.1 Å². The van der Waals surface area contributed by atoms with Gasteiger partial charge in [-0.1, -0.05) is 0 Å². The molecule has 1 heterocycles. The average molecular weight is 310 g/mol. The van der Waals surface area contributed by atoms with Gasteiger partial charge in [-0.3, -0.25) is 10.1 Å². The molecule has 110 valence electrons. The first-order valence-corrected chi connectivity index (χ1v) is 7.12. The van der Waals surface area contributed by atoms with E-state index in [4.69, 9.17) is 0 Å². The van der Waals surface area contributed by atoms with Crippen LogP contribution in [0.25, 0.3) is 0 Å². The van der Waals surface area contributed by atoms with Crippen molar-refractivity contribution in [3.8, 4) is 5.75 Å². The van der Waals surface area contributed by atoms with Crippen LogP contribution in [0.5, 0.6) is 5.75 Å². The smallest absolute Gasteiger partial charge is 0.312 e. The minimum Gasteiger partial charge on any atom is -0.502 e. The summed E-state index contributed by atoms with van der Waals surface area (Å²) in [6.07, 6.45) is 1.45. The fourth-order valence-electron chi connectivity index (χ4n) is 1.50. The normalized spacial score (nSPS) is 11.2. The van der Waals surface area contributed by atoms with Gasteiger partial charge in [-0.25, -0.2) is 13.1 Å². The summed E-state index contributed by atoms with van der Waals surface area (Å²) in [4.78, 5) is 9.51. The lowest BCUT2D eigenvalue weighted by atomic mass is 10.3. The number of sulfonamides is 1. The Bertz CT molecular complexity index is 763. The van der Waals surface area contributed by atoms with Crippen molar-refractivity contribution < 1.29 is 18.4 Å². The van der Waals surface area contributed by atoms with Crippen molar-refractivity contribution in [3.05, 3.63) is 52.3 Å². The third kappa shape index (κ3) is 3.49. The molecule has 9 nitrogen and oxygen atoms in total. The topological polar surface area (TPSA) is 135 Å². The summed E-state index contributed by atoms with van der Waals surface area (Å²) in [5.74, 6) is -0.604. The molecule has 2 aromatic rings. The maximum atomic E-state index is 12.0. The quantitative estimate of drug-likeness (QED) is 0.608. The molecule has 2 rings (SSSR count). The highest BCUT2D eigenvalue weighted by Gasteiger charge is 2.21. The molecule has 0 aliphatic rings. The van der Waals surface area contributed by atoms with Gasteiger partial charge < -0.3 is 5.11 Å². The third-order valence-corrected chi connectivity index (χ3v) is 3.92. The van der Waals surface area contributed by atoms with Gasteiger partial charge in [-0.05, 0) is 24.3 Å². The highest BCUT2D eigenvalue weighted by Crippen LogP contribution is 2.28. The summed E-state index contributed by atoms with van der Waals surface area (Å²) in [7, 11) is -3.96. The summed E-state index contributed by atoms with van der Waals surface area (Å²) in [6.45, 7) is -0.106. The molecule has 21 heavy (non-hydrogen) atoms. The molecule has 0 aliphatic carbocycles. The van der Waals surface area contributed by atoms with E-state index in [9.17, 15) is 23.6 Å². The zero-order chi connectivity index (χ0) is 15.5. The average Bonchev–Trinajstić information content (AvgIpc) is 2.46. The fraction of sp³-hybridized carbons (Fsp3) is 0.0909. The highest BCUT2D eigenvalue weighted by atomic mass is 32.2. The molecule has 2 N–H and O–H groups in total. The van der Waals surface area contributed by atoms with Crippen LogP contribution in [0.3, 0.4) is 0 Å². The number of phenols is 1. The molecule has 1 aromatic heterocycles. The Kier molecular flexibility index (Phi) is 4.10. The second-order valence-electron chi connectivity index (χ2n) is 3.95. The number of rotatable bonds is 5. The number of aromatic nitrogens is 2. The Morgan fingerprint density at radius 2 is 2.10 bits per heavy atom.